The monoisotopic (exact) mass is 458 g/mol. The lowest BCUT2D eigenvalue weighted by molar-refractivity contribution is 0.0662. The minimum absolute atomic E-state index is 0.0987. The summed E-state index contributed by atoms with van der Waals surface area (Å²) >= 11 is 0. The lowest BCUT2D eigenvalue weighted by Crippen LogP contribution is -2.50. The number of carbonyl (C=O) groups is 1. The van der Waals surface area contributed by atoms with Crippen LogP contribution in [0, 0.1) is 12.7 Å². The Kier molecular flexibility index (Phi) is 6.29. The largest absolute Gasteiger partial charge is 0.486 e. The molecule has 1 amide bonds. The number of benzene rings is 2. The highest BCUT2D eigenvalue weighted by atomic mass is 32.2. The summed E-state index contributed by atoms with van der Waals surface area (Å²) in [7, 11) is -3.59. The molecule has 2 heterocycles. The van der Waals surface area contributed by atoms with Crippen molar-refractivity contribution in [3.8, 4) is 5.75 Å². The predicted molar refractivity (Wildman–Crippen MR) is 115 cm³/mol. The molecule has 1 fully saturated rings. The number of piperazine rings is 1. The van der Waals surface area contributed by atoms with Gasteiger partial charge < -0.3 is 14.1 Å². The quantitative estimate of drug-likeness (QED) is 0.565. The minimum atomic E-state index is -3.59. The van der Waals surface area contributed by atoms with Crippen LogP contribution in [0.2, 0.25) is 0 Å². The summed E-state index contributed by atoms with van der Waals surface area (Å²) in [6.45, 7) is 2.96. The van der Waals surface area contributed by atoms with E-state index in [2.05, 4.69) is 0 Å². The van der Waals surface area contributed by atoms with E-state index in [0.717, 1.165) is 5.56 Å². The Labute approximate surface area is 186 Å². The van der Waals surface area contributed by atoms with Crippen molar-refractivity contribution in [1.82, 2.24) is 9.21 Å². The number of sulfonamides is 1. The van der Waals surface area contributed by atoms with Crippen molar-refractivity contribution >= 4 is 15.9 Å². The van der Waals surface area contributed by atoms with Gasteiger partial charge in [0.15, 0.2) is 5.76 Å². The summed E-state index contributed by atoms with van der Waals surface area (Å²) in [5.41, 5.74) is 0.986. The van der Waals surface area contributed by atoms with Gasteiger partial charge in [0, 0.05) is 26.2 Å². The van der Waals surface area contributed by atoms with Crippen molar-refractivity contribution in [2.24, 2.45) is 0 Å². The number of halogens is 1. The molecule has 4 rings (SSSR count). The van der Waals surface area contributed by atoms with Crippen molar-refractivity contribution in [3.05, 3.63) is 83.6 Å². The van der Waals surface area contributed by atoms with Crippen LogP contribution in [0.15, 0.2) is 70.0 Å². The van der Waals surface area contributed by atoms with Crippen molar-refractivity contribution in [3.63, 3.8) is 0 Å². The molecule has 0 N–H and O–H groups in total. The van der Waals surface area contributed by atoms with E-state index >= 15 is 0 Å². The third-order valence-electron chi connectivity index (χ3n) is 5.25. The van der Waals surface area contributed by atoms with Crippen LogP contribution in [0.3, 0.4) is 0 Å². The molecule has 1 saturated heterocycles. The highest BCUT2D eigenvalue weighted by molar-refractivity contribution is 7.89. The highest BCUT2D eigenvalue weighted by Gasteiger charge is 2.31. The molecule has 0 atom stereocenters. The van der Waals surface area contributed by atoms with E-state index in [1.165, 1.54) is 28.6 Å². The third kappa shape index (κ3) is 4.84. The van der Waals surface area contributed by atoms with Gasteiger partial charge in [0.05, 0.1) is 4.90 Å². The van der Waals surface area contributed by atoms with Crippen molar-refractivity contribution < 1.29 is 26.8 Å². The molecular weight excluding hydrogens is 435 g/mol. The second-order valence-corrected chi connectivity index (χ2v) is 9.46. The van der Waals surface area contributed by atoms with Crippen LogP contribution in [0.1, 0.15) is 21.9 Å². The van der Waals surface area contributed by atoms with Crippen molar-refractivity contribution in [2.45, 2.75) is 18.4 Å². The Bertz CT molecular complexity index is 1180. The topological polar surface area (TPSA) is 80.1 Å². The summed E-state index contributed by atoms with van der Waals surface area (Å²) in [6, 6.07) is 15.6. The first-order valence-electron chi connectivity index (χ1n) is 10.2. The molecule has 0 aliphatic carbocycles. The van der Waals surface area contributed by atoms with Gasteiger partial charge in [-0.05, 0) is 55.5 Å². The SMILES string of the molecule is Cc1ccc(S(=O)(=O)N2CCN(C(=O)c3ccc(COc4ccc(F)cc4)o3)CC2)cc1. The fourth-order valence-corrected chi connectivity index (χ4v) is 4.82. The Morgan fingerprint density at radius 2 is 1.62 bits per heavy atom. The first-order valence-corrected chi connectivity index (χ1v) is 11.6. The smallest absolute Gasteiger partial charge is 0.289 e. The molecule has 7 nitrogen and oxygen atoms in total. The number of aryl methyl sites for hydroxylation is 1. The van der Waals surface area contributed by atoms with Gasteiger partial charge in [0.25, 0.3) is 5.91 Å². The zero-order chi connectivity index (χ0) is 22.7. The molecular formula is C23H23FN2O5S. The van der Waals surface area contributed by atoms with Crippen LogP contribution in [0.4, 0.5) is 4.39 Å². The van der Waals surface area contributed by atoms with Crippen LogP contribution in [0.25, 0.3) is 0 Å². The van der Waals surface area contributed by atoms with Gasteiger partial charge in [-0.3, -0.25) is 4.79 Å². The maximum absolute atomic E-state index is 13.0. The molecule has 1 aliphatic heterocycles. The summed E-state index contributed by atoms with van der Waals surface area (Å²) in [6.07, 6.45) is 0. The second kappa shape index (κ2) is 9.13. The fourth-order valence-electron chi connectivity index (χ4n) is 3.40. The van der Waals surface area contributed by atoms with E-state index in [1.807, 2.05) is 6.92 Å². The lowest BCUT2D eigenvalue weighted by Gasteiger charge is -2.33. The number of hydrogen-bond donors (Lipinski definition) is 0. The van der Waals surface area contributed by atoms with E-state index in [-0.39, 0.29) is 55.2 Å². The molecule has 1 aromatic heterocycles. The van der Waals surface area contributed by atoms with Crippen LogP contribution in [-0.4, -0.2) is 49.7 Å². The third-order valence-corrected chi connectivity index (χ3v) is 7.16. The standard InChI is InChI=1S/C23H23FN2O5S/c1-17-2-9-21(10-3-17)32(28,29)26-14-12-25(13-15-26)23(27)22-11-8-20(31-22)16-30-19-6-4-18(24)5-7-19/h2-11H,12-16H2,1H3. The van der Waals surface area contributed by atoms with Gasteiger partial charge in [0.2, 0.25) is 10.0 Å². The molecule has 0 bridgehead atoms. The molecule has 0 radical (unpaired) electrons. The Balaban J connectivity index is 1.33. The molecule has 2 aromatic carbocycles. The van der Waals surface area contributed by atoms with Crippen LogP contribution >= 0.6 is 0 Å². The first-order chi connectivity index (χ1) is 15.3. The maximum atomic E-state index is 13.0. The summed E-state index contributed by atoms with van der Waals surface area (Å²) in [4.78, 5) is 14.6. The Hall–Kier alpha value is -3.17. The van der Waals surface area contributed by atoms with E-state index < -0.39 is 10.0 Å². The van der Waals surface area contributed by atoms with Gasteiger partial charge in [0.1, 0.15) is 23.9 Å². The molecule has 0 spiro atoms. The fraction of sp³-hybridized carbons (Fsp3) is 0.261. The van der Waals surface area contributed by atoms with Crippen LogP contribution in [0.5, 0.6) is 5.75 Å². The number of ether oxygens (including phenoxy) is 1. The van der Waals surface area contributed by atoms with Crippen molar-refractivity contribution in [1.29, 1.82) is 0 Å². The normalized spacial score (nSPS) is 15.0. The van der Waals surface area contributed by atoms with Gasteiger partial charge in [-0.2, -0.15) is 4.31 Å². The lowest BCUT2D eigenvalue weighted by atomic mass is 10.2. The predicted octanol–water partition coefficient (Wildman–Crippen LogP) is 3.45. The van der Waals surface area contributed by atoms with Gasteiger partial charge in [-0.15, -0.1) is 0 Å². The summed E-state index contributed by atoms with van der Waals surface area (Å²) < 4.78 is 51.1. The molecule has 32 heavy (non-hydrogen) atoms. The zero-order valence-corrected chi connectivity index (χ0v) is 18.3. The van der Waals surface area contributed by atoms with Crippen LogP contribution in [-0.2, 0) is 16.6 Å². The maximum Gasteiger partial charge on any atom is 0.289 e. The zero-order valence-electron chi connectivity index (χ0n) is 17.5. The minimum Gasteiger partial charge on any atom is -0.486 e. The average molecular weight is 459 g/mol. The highest BCUT2D eigenvalue weighted by Crippen LogP contribution is 2.20. The van der Waals surface area contributed by atoms with Gasteiger partial charge in [-0.25, -0.2) is 12.8 Å². The summed E-state index contributed by atoms with van der Waals surface area (Å²) in [5, 5.41) is 0. The second-order valence-electron chi connectivity index (χ2n) is 7.52. The molecule has 0 saturated carbocycles. The Morgan fingerprint density at radius 3 is 2.28 bits per heavy atom. The number of furan rings is 1. The molecule has 9 heteroatoms. The molecule has 0 unspecified atom stereocenters. The number of amides is 1. The molecule has 168 valence electrons. The van der Waals surface area contributed by atoms with Gasteiger partial charge in [-0.1, -0.05) is 17.7 Å². The Morgan fingerprint density at radius 1 is 0.969 bits per heavy atom. The number of nitrogens with zero attached hydrogens (tertiary/aromatic N) is 2. The molecule has 1 aliphatic rings. The number of rotatable bonds is 6. The average Bonchev–Trinajstić information content (AvgIpc) is 3.28. The van der Waals surface area contributed by atoms with E-state index in [9.17, 15) is 17.6 Å². The van der Waals surface area contributed by atoms with E-state index in [1.54, 1.807) is 41.3 Å². The summed E-state index contributed by atoms with van der Waals surface area (Å²) in [5.74, 6) is 0.456. The molecule has 3 aromatic rings. The first kappa shape index (κ1) is 22.0. The van der Waals surface area contributed by atoms with Crippen molar-refractivity contribution in [2.75, 3.05) is 26.2 Å². The van der Waals surface area contributed by atoms with Crippen LogP contribution < -0.4 is 4.74 Å². The van der Waals surface area contributed by atoms with E-state index in [0.29, 0.717) is 11.5 Å². The van der Waals surface area contributed by atoms with E-state index in [4.69, 9.17) is 9.15 Å². The van der Waals surface area contributed by atoms with Gasteiger partial charge >= 0.3 is 0 Å². The number of hydrogen-bond acceptors (Lipinski definition) is 5. The number of carbonyl (C=O) groups excluding carboxylic acids is 1.